The predicted molar refractivity (Wildman–Crippen MR) is 62.0 cm³/mol. The first kappa shape index (κ1) is 12.7. The third-order valence-electron chi connectivity index (χ3n) is 1.63. The van der Waals surface area contributed by atoms with Crippen molar-refractivity contribution in [1.82, 2.24) is 4.98 Å². The van der Waals surface area contributed by atoms with E-state index in [0.29, 0.717) is 6.54 Å². The molecule has 5 heteroatoms. The Morgan fingerprint density at radius 2 is 2.08 bits per heavy atom. The highest BCUT2D eigenvalue weighted by atomic mass is 35.5. The second-order valence-corrected chi connectivity index (χ2v) is 3.24. The van der Waals surface area contributed by atoms with Crippen LogP contribution in [0.1, 0.15) is 5.56 Å². The van der Waals surface area contributed by atoms with Crippen molar-refractivity contribution >= 4 is 46.4 Å². The van der Waals surface area contributed by atoms with Gasteiger partial charge in [0.1, 0.15) is 0 Å². The molecule has 2 rings (SSSR count). The van der Waals surface area contributed by atoms with Crippen LogP contribution in [0, 0.1) is 0 Å². The Labute approximate surface area is 93.0 Å². The van der Waals surface area contributed by atoms with Crippen LogP contribution in [0.15, 0.2) is 23.7 Å². The van der Waals surface area contributed by atoms with Crippen LogP contribution in [0.3, 0.4) is 0 Å². The highest BCUT2D eigenvalue weighted by Gasteiger charge is 1.95. The van der Waals surface area contributed by atoms with Gasteiger partial charge < -0.3 is 5.73 Å². The monoisotopic (exact) mass is 236 g/mol. The maximum Gasteiger partial charge on any atom is 0.0812 e. The van der Waals surface area contributed by atoms with Gasteiger partial charge in [0.15, 0.2) is 0 Å². The van der Waals surface area contributed by atoms with Crippen LogP contribution in [0.2, 0.25) is 0 Å². The van der Waals surface area contributed by atoms with Crippen molar-refractivity contribution in [3.63, 3.8) is 0 Å². The number of thiazole rings is 1. The standard InChI is InChI=1S/C8H8N2S.2ClH/c9-4-6-1-2-7-8(3-6)11-5-10-7;;/h1-3,5H,4,9H2;2*1H. The van der Waals surface area contributed by atoms with Crippen molar-refractivity contribution in [2.24, 2.45) is 5.73 Å². The van der Waals surface area contributed by atoms with Gasteiger partial charge in [-0.15, -0.1) is 36.2 Å². The number of nitrogens with two attached hydrogens (primary N) is 1. The summed E-state index contributed by atoms with van der Waals surface area (Å²) in [6.07, 6.45) is 0. The van der Waals surface area contributed by atoms with E-state index in [0.717, 1.165) is 5.52 Å². The molecule has 1 heterocycles. The maximum absolute atomic E-state index is 5.49. The van der Waals surface area contributed by atoms with E-state index in [9.17, 15) is 0 Å². The highest BCUT2D eigenvalue weighted by Crippen LogP contribution is 2.18. The number of hydrogen-bond donors (Lipinski definition) is 1. The summed E-state index contributed by atoms with van der Waals surface area (Å²) in [7, 11) is 0. The maximum atomic E-state index is 5.49. The van der Waals surface area contributed by atoms with Crippen molar-refractivity contribution in [3.05, 3.63) is 29.3 Å². The first-order chi connectivity index (χ1) is 5.40. The second kappa shape index (κ2) is 5.40. The van der Waals surface area contributed by atoms with Gasteiger partial charge in [-0.25, -0.2) is 4.98 Å². The molecular formula is C8H10Cl2N2S. The average molecular weight is 237 g/mol. The fraction of sp³-hybridized carbons (Fsp3) is 0.125. The van der Waals surface area contributed by atoms with Gasteiger partial charge in [-0.2, -0.15) is 0 Å². The number of aromatic nitrogens is 1. The highest BCUT2D eigenvalue weighted by molar-refractivity contribution is 7.16. The van der Waals surface area contributed by atoms with Gasteiger partial charge in [-0.1, -0.05) is 6.07 Å². The van der Waals surface area contributed by atoms with E-state index in [1.807, 2.05) is 17.6 Å². The van der Waals surface area contributed by atoms with Gasteiger partial charge in [0.05, 0.1) is 15.7 Å². The molecule has 0 amide bonds. The Hall–Kier alpha value is -0.350. The number of fused-ring (bicyclic) bond motifs is 1. The minimum atomic E-state index is 0. The molecule has 0 saturated carbocycles. The minimum absolute atomic E-state index is 0. The third kappa shape index (κ3) is 2.54. The number of rotatable bonds is 1. The van der Waals surface area contributed by atoms with E-state index in [2.05, 4.69) is 11.1 Å². The Balaban J connectivity index is 0.000000720. The van der Waals surface area contributed by atoms with E-state index in [1.165, 1.54) is 10.3 Å². The smallest absolute Gasteiger partial charge is 0.0812 e. The van der Waals surface area contributed by atoms with Crippen LogP contribution in [0.4, 0.5) is 0 Å². The van der Waals surface area contributed by atoms with Crippen LogP contribution in [-0.4, -0.2) is 4.98 Å². The summed E-state index contributed by atoms with van der Waals surface area (Å²) in [5.41, 5.74) is 9.58. The molecule has 0 saturated heterocycles. The Bertz CT molecular complexity index is 375. The van der Waals surface area contributed by atoms with E-state index in [1.54, 1.807) is 11.3 Å². The second-order valence-electron chi connectivity index (χ2n) is 2.36. The Kier molecular flexibility index (Phi) is 5.25. The fourth-order valence-corrected chi connectivity index (χ4v) is 1.77. The molecule has 72 valence electrons. The summed E-state index contributed by atoms with van der Waals surface area (Å²) in [5.74, 6) is 0. The molecule has 0 radical (unpaired) electrons. The third-order valence-corrected chi connectivity index (χ3v) is 2.42. The molecule has 0 atom stereocenters. The largest absolute Gasteiger partial charge is 0.326 e. The lowest BCUT2D eigenvalue weighted by Crippen LogP contribution is -1.94. The van der Waals surface area contributed by atoms with E-state index in [-0.39, 0.29) is 24.8 Å². The number of benzene rings is 1. The molecule has 2 N–H and O–H groups in total. The van der Waals surface area contributed by atoms with Gasteiger partial charge in [0.2, 0.25) is 0 Å². The van der Waals surface area contributed by atoms with Crippen LogP contribution < -0.4 is 5.73 Å². The van der Waals surface area contributed by atoms with E-state index in [4.69, 9.17) is 5.73 Å². The summed E-state index contributed by atoms with van der Waals surface area (Å²) in [4.78, 5) is 4.17. The van der Waals surface area contributed by atoms with Crippen molar-refractivity contribution < 1.29 is 0 Å². The van der Waals surface area contributed by atoms with Gasteiger partial charge in [0.25, 0.3) is 0 Å². The lowest BCUT2D eigenvalue weighted by atomic mass is 10.2. The zero-order valence-corrected chi connectivity index (χ0v) is 9.22. The van der Waals surface area contributed by atoms with Crippen LogP contribution in [0.25, 0.3) is 10.2 Å². The molecule has 2 nitrogen and oxygen atoms in total. The average Bonchev–Trinajstić information content (AvgIpc) is 2.50. The van der Waals surface area contributed by atoms with E-state index >= 15 is 0 Å². The molecule has 0 spiro atoms. The lowest BCUT2D eigenvalue weighted by molar-refractivity contribution is 1.08. The zero-order valence-electron chi connectivity index (χ0n) is 6.77. The summed E-state index contributed by atoms with van der Waals surface area (Å²) >= 11 is 1.65. The zero-order chi connectivity index (χ0) is 7.68. The van der Waals surface area contributed by atoms with Gasteiger partial charge in [-0.3, -0.25) is 0 Å². The molecule has 0 bridgehead atoms. The summed E-state index contributed by atoms with van der Waals surface area (Å²) in [6, 6.07) is 6.11. The first-order valence-electron chi connectivity index (χ1n) is 3.42. The molecule has 0 aliphatic carbocycles. The first-order valence-corrected chi connectivity index (χ1v) is 4.30. The molecule has 1 aromatic heterocycles. The molecular weight excluding hydrogens is 227 g/mol. The van der Waals surface area contributed by atoms with Crippen LogP contribution in [-0.2, 0) is 6.54 Å². The van der Waals surface area contributed by atoms with Crippen molar-refractivity contribution in [1.29, 1.82) is 0 Å². The van der Waals surface area contributed by atoms with E-state index < -0.39 is 0 Å². The minimum Gasteiger partial charge on any atom is -0.326 e. The van der Waals surface area contributed by atoms with Gasteiger partial charge >= 0.3 is 0 Å². The molecule has 1 aromatic carbocycles. The molecule has 0 unspecified atom stereocenters. The predicted octanol–water partition coefficient (Wildman–Crippen LogP) is 2.60. The molecule has 0 aliphatic rings. The van der Waals surface area contributed by atoms with Crippen molar-refractivity contribution in [2.75, 3.05) is 0 Å². The normalized spacial score (nSPS) is 9.00. The fourth-order valence-electron chi connectivity index (χ4n) is 1.03. The molecule has 13 heavy (non-hydrogen) atoms. The lowest BCUT2D eigenvalue weighted by Gasteiger charge is -1.93. The summed E-state index contributed by atoms with van der Waals surface area (Å²) in [6.45, 7) is 0.605. The van der Waals surface area contributed by atoms with Gasteiger partial charge in [0, 0.05) is 6.54 Å². The molecule has 0 fully saturated rings. The topological polar surface area (TPSA) is 38.9 Å². The number of nitrogens with zero attached hydrogens (tertiary/aromatic N) is 1. The summed E-state index contributed by atoms with van der Waals surface area (Å²) in [5, 5.41) is 0. The Morgan fingerprint density at radius 1 is 1.31 bits per heavy atom. The van der Waals surface area contributed by atoms with Crippen LogP contribution >= 0.6 is 36.2 Å². The number of hydrogen-bond acceptors (Lipinski definition) is 3. The number of halogens is 2. The van der Waals surface area contributed by atoms with Crippen LogP contribution in [0.5, 0.6) is 0 Å². The van der Waals surface area contributed by atoms with Gasteiger partial charge in [-0.05, 0) is 17.7 Å². The molecule has 0 aliphatic heterocycles. The van der Waals surface area contributed by atoms with Crippen molar-refractivity contribution in [2.45, 2.75) is 6.54 Å². The van der Waals surface area contributed by atoms with Crippen molar-refractivity contribution in [3.8, 4) is 0 Å². The molecule has 2 aromatic rings. The quantitative estimate of drug-likeness (QED) is 0.827. The Morgan fingerprint density at radius 3 is 2.77 bits per heavy atom. The SMILES string of the molecule is Cl.Cl.NCc1ccc2ncsc2c1. The summed E-state index contributed by atoms with van der Waals surface area (Å²) < 4.78 is 1.22.